The average molecular weight is 349 g/mol. The molecule has 4 rings (SSSR count). The second-order valence-electron chi connectivity index (χ2n) is 7.02. The monoisotopic (exact) mass is 349 g/mol. The Morgan fingerprint density at radius 3 is 2.23 bits per heavy atom. The maximum absolute atomic E-state index is 13.1. The van der Waals surface area contributed by atoms with Crippen LogP contribution in [0.15, 0.2) is 53.3 Å². The first kappa shape index (κ1) is 16.8. The van der Waals surface area contributed by atoms with Gasteiger partial charge in [-0.05, 0) is 38.1 Å². The molecule has 3 aromatic rings. The summed E-state index contributed by atoms with van der Waals surface area (Å²) in [5, 5.41) is 4.71. The van der Waals surface area contributed by atoms with Gasteiger partial charge in [-0.3, -0.25) is 9.59 Å². The summed E-state index contributed by atoms with van der Waals surface area (Å²) in [4.78, 5) is 27.8. The fourth-order valence-electron chi connectivity index (χ4n) is 3.88. The van der Waals surface area contributed by atoms with E-state index in [0.717, 1.165) is 17.6 Å². The number of benzene rings is 2. The summed E-state index contributed by atoms with van der Waals surface area (Å²) in [7, 11) is 0. The summed E-state index contributed by atoms with van der Waals surface area (Å²) >= 11 is 0. The molecule has 1 saturated heterocycles. The van der Waals surface area contributed by atoms with Gasteiger partial charge in [0.15, 0.2) is 5.43 Å². The molecule has 1 N–H and O–H groups in total. The predicted octanol–water partition coefficient (Wildman–Crippen LogP) is 2.36. The van der Waals surface area contributed by atoms with Crippen LogP contribution >= 0.6 is 0 Å². The van der Waals surface area contributed by atoms with E-state index in [4.69, 9.17) is 0 Å². The topological polar surface area (TPSA) is 54.3 Å². The number of hydrogen-bond acceptors (Lipinski definition) is 3. The number of nitrogens with one attached hydrogen (secondary N) is 1. The van der Waals surface area contributed by atoms with Crippen LogP contribution in [0.25, 0.3) is 21.8 Å². The van der Waals surface area contributed by atoms with Crippen LogP contribution in [0.4, 0.5) is 0 Å². The van der Waals surface area contributed by atoms with Gasteiger partial charge in [-0.15, -0.1) is 0 Å². The summed E-state index contributed by atoms with van der Waals surface area (Å²) in [6.07, 6.45) is 0. The third-order valence-corrected chi connectivity index (χ3v) is 5.53. The SMILES string of the molecule is CC1NCCN(C(=O)Cn2c3ccccc3c(=O)c3ccccc32)C1C. The van der Waals surface area contributed by atoms with E-state index in [9.17, 15) is 9.59 Å². The maximum atomic E-state index is 13.1. The van der Waals surface area contributed by atoms with Crippen LogP contribution in [0, 0.1) is 0 Å². The molecule has 0 saturated carbocycles. The first-order valence-electron chi connectivity index (χ1n) is 9.11. The van der Waals surface area contributed by atoms with Crippen LogP contribution in [0.5, 0.6) is 0 Å². The molecule has 0 spiro atoms. The van der Waals surface area contributed by atoms with Gasteiger partial charge in [0.05, 0.1) is 11.0 Å². The maximum Gasteiger partial charge on any atom is 0.242 e. The molecule has 1 aromatic heterocycles. The van der Waals surface area contributed by atoms with Crippen molar-refractivity contribution in [2.75, 3.05) is 13.1 Å². The zero-order valence-electron chi connectivity index (χ0n) is 15.1. The van der Waals surface area contributed by atoms with Crippen LogP contribution in [0.1, 0.15) is 13.8 Å². The molecule has 1 aliphatic heterocycles. The molecule has 0 radical (unpaired) electrons. The van der Waals surface area contributed by atoms with Gasteiger partial charge in [-0.1, -0.05) is 24.3 Å². The number of nitrogens with zero attached hydrogens (tertiary/aromatic N) is 2. The molecule has 1 amide bonds. The Kier molecular flexibility index (Phi) is 4.24. The van der Waals surface area contributed by atoms with E-state index in [1.54, 1.807) is 0 Å². The molecular weight excluding hydrogens is 326 g/mol. The molecule has 2 heterocycles. The number of piperazine rings is 1. The minimum atomic E-state index is 0.0176. The van der Waals surface area contributed by atoms with Gasteiger partial charge in [-0.25, -0.2) is 0 Å². The van der Waals surface area contributed by atoms with Crippen molar-refractivity contribution < 1.29 is 4.79 Å². The second kappa shape index (κ2) is 6.57. The molecule has 134 valence electrons. The molecule has 1 aliphatic rings. The van der Waals surface area contributed by atoms with Crippen LogP contribution < -0.4 is 10.7 Å². The van der Waals surface area contributed by atoms with E-state index in [0.29, 0.717) is 17.3 Å². The lowest BCUT2D eigenvalue weighted by Crippen LogP contribution is -2.57. The number of pyridine rings is 1. The van der Waals surface area contributed by atoms with E-state index in [2.05, 4.69) is 19.2 Å². The number of carbonyl (C=O) groups is 1. The van der Waals surface area contributed by atoms with Crippen LogP contribution in [-0.4, -0.2) is 40.5 Å². The molecule has 5 nitrogen and oxygen atoms in total. The van der Waals surface area contributed by atoms with E-state index >= 15 is 0 Å². The van der Waals surface area contributed by atoms with Gasteiger partial charge in [0.1, 0.15) is 6.54 Å². The lowest BCUT2D eigenvalue weighted by Gasteiger charge is -2.39. The molecule has 2 unspecified atom stereocenters. The Labute approximate surface area is 152 Å². The average Bonchev–Trinajstić information content (AvgIpc) is 2.67. The number of hydrogen-bond donors (Lipinski definition) is 1. The molecule has 26 heavy (non-hydrogen) atoms. The Bertz CT molecular complexity index is 980. The summed E-state index contributed by atoms with van der Waals surface area (Å²) < 4.78 is 1.98. The molecule has 1 fully saturated rings. The Balaban J connectivity index is 1.84. The number of amides is 1. The van der Waals surface area contributed by atoms with Gasteiger partial charge in [0.25, 0.3) is 0 Å². The first-order chi connectivity index (χ1) is 12.6. The fraction of sp³-hybridized carbons (Fsp3) is 0.333. The van der Waals surface area contributed by atoms with Crippen LogP contribution in [0.3, 0.4) is 0 Å². The van der Waals surface area contributed by atoms with Crippen molar-refractivity contribution in [3.8, 4) is 0 Å². The van der Waals surface area contributed by atoms with Crippen molar-refractivity contribution in [1.82, 2.24) is 14.8 Å². The summed E-state index contributed by atoms with van der Waals surface area (Å²) in [5.41, 5.74) is 1.63. The van der Waals surface area contributed by atoms with Gasteiger partial charge in [-0.2, -0.15) is 0 Å². The molecule has 0 aliphatic carbocycles. The number of para-hydroxylation sites is 2. The highest BCUT2D eigenvalue weighted by atomic mass is 16.2. The van der Waals surface area contributed by atoms with Crippen molar-refractivity contribution in [2.45, 2.75) is 32.5 Å². The molecule has 5 heteroatoms. The highest BCUT2D eigenvalue weighted by molar-refractivity contribution is 5.94. The van der Waals surface area contributed by atoms with Crippen molar-refractivity contribution in [3.63, 3.8) is 0 Å². The van der Waals surface area contributed by atoms with Crippen molar-refractivity contribution >= 4 is 27.7 Å². The highest BCUT2D eigenvalue weighted by Crippen LogP contribution is 2.20. The summed E-state index contributed by atoms with van der Waals surface area (Å²) in [6.45, 7) is 5.94. The Morgan fingerprint density at radius 1 is 1.04 bits per heavy atom. The standard InChI is InChI=1S/C21H23N3O2/c1-14-15(2)23(12-11-22-14)20(25)13-24-18-9-5-3-7-16(18)21(26)17-8-4-6-10-19(17)24/h3-10,14-15,22H,11-13H2,1-2H3. The second-order valence-corrected chi connectivity index (χ2v) is 7.02. The van der Waals surface area contributed by atoms with Gasteiger partial charge in [0, 0.05) is 35.9 Å². The normalized spacial score (nSPS) is 20.6. The lowest BCUT2D eigenvalue weighted by atomic mass is 10.1. The van der Waals surface area contributed by atoms with E-state index < -0.39 is 0 Å². The zero-order valence-corrected chi connectivity index (χ0v) is 15.1. The van der Waals surface area contributed by atoms with E-state index in [1.165, 1.54) is 0 Å². The van der Waals surface area contributed by atoms with E-state index in [-0.39, 0.29) is 30.0 Å². The van der Waals surface area contributed by atoms with Crippen LogP contribution in [-0.2, 0) is 11.3 Å². The van der Waals surface area contributed by atoms with E-state index in [1.807, 2.05) is 58.0 Å². The summed E-state index contributed by atoms with van der Waals surface area (Å²) in [5.74, 6) is 0.0878. The first-order valence-corrected chi connectivity index (χ1v) is 9.11. The number of carbonyl (C=O) groups excluding carboxylic acids is 1. The molecule has 2 atom stereocenters. The molecular formula is C21H23N3O2. The molecule has 0 bridgehead atoms. The minimum Gasteiger partial charge on any atom is -0.336 e. The quantitative estimate of drug-likeness (QED) is 0.723. The number of rotatable bonds is 2. The van der Waals surface area contributed by atoms with Crippen molar-refractivity contribution in [2.24, 2.45) is 0 Å². The Morgan fingerprint density at radius 2 is 1.62 bits per heavy atom. The number of aromatic nitrogens is 1. The third-order valence-electron chi connectivity index (χ3n) is 5.53. The molecule has 2 aromatic carbocycles. The number of fused-ring (bicyclic) bond motifs is 2. The fourth-order valence-corrected chi connectivity index (χ4v) is 3.88. The van der Waals surface area contributed by atoms with Crippen molar-refractivity contribution in [3.05, 3.63) is 58.8 Å². The smallest absolute Gasteiger partial charge is 0.242 e. The largest absolute Gasteiger partial charge is 0.336 e. The van der Waals surface area contributed by atoms with Gasteiger partial charge in [0.2, 0.25) is 5.91 Å². The highest BCUT2D eigenvalue weighted by Gasteiger charge is 2.28. The predicted molar refractivity (Wildman–Crippen MR) is 104 cm³/mol. The third kappa shape index (κ3) is 2.69. The minimum absolute atomic E-state index is 0.0176. The van der Waals surface area contributed by atoms with Gasteiger partial charge >= 0.3 is 0 Å². The van der Waals surface area contributed by atoms with Crippen molar-refractivity contribution in [1.29, 1.82) is 0 Å². The lowest BCUT2D eigenvalue weighted by molar-refractivity contribution is -0.135. The summed E-state index contributed by atoms with van der Waals surface area (Å²) in [6, 6.07) is 15.5. The zero-order chi connectivity index (χ0) is 18.3. The van der Waals surface area contributed by atoms with Gasteiger partial charge < -0.3 is 14.8 Å². The Hall–Kier alpha value is -2.66. The van der Waals surface area contributed by atoms with Crippen LogP contribution in [0.2, 0.25) is 0 Å².